The Hall–Kier alpha value is -0.860. The number of allylic oxidation sites excluding steroid dienone is 4. The highest BCUT2D eigenvalue weighted by molar-refractivity contribution is 5.28. The minimum absolute atomic E-state index is 0.0652. The summed E-state index contributed by atoms with van der Waals surface area (Å²) in [7, 11) is 0. The highest BCUT2D eigenvalue weighted by Crippen LogP contribution is 2.52. The zero-order chi connectivity index (χ0) is 19.4. The maximum Gasteiger partial charge on any atom is 0.0628 e. The first-order valence-corrected chi connectivity index (χ1v) is 10.6. The van der Waals surface area contributed by atoms with Crippen LogP contribution < -0.4 is 0 Å². The summed E-state index contributed by atoms with van der Waals surface area (Å²) in [5.74, 6) is 0. The van der Waals surface area contributed by atoms with Crippen molar-refractivity contribution in [1.82, 2.24) is 4.90 Å². The van der Waals surface area contributed by atoms with E-state index in [1.807, 2.05) is 0 Å². The molecule has 2 rings (SSSR count). The lowest BCUT2D eigenvalue weighted by molar-refractivity contribution is -0.00171. The average molecular weight is 360 g/mol. The molecule has 0 radical (unpaired) electrons. The monoisotopic (exact) mass is 359 g/mol. The van der Waals surface area contributed by atoms with Gasteiger partial charge in [-0.25, -0.2) is 0 Å². The van der Waals surface area contributed by atoms with Crippen LogP contribution in [0, 0.1) is 10.8 Å². The molecule has 2 nitrogen and oxygen atoms in total. The number of fused-ring (bicyclic) bond motifs is 1. The van der Waals surface area contributed by atoms with E-state index in [1.54, 1.807) is 0 Å². The summed E-state index contributed by atoms with van der Waals surface area (Å²) in [6.07, 6.45) is 13.8. The molecule has 26 heavy (non-hydrogen) atoms. The minimum atomic E-state index is -0.187. The van der Waals surface area contributed by atoms with E-state index in [1.165, 1.54) is 48.9 Å². The molecule has 1 saturated carbocycles. The van der Waals surface area contributed by atoms with Gasteiger partial charge in [-0.15, -0.1) is 0 Å². The first-order chi connectivity index (χ1) is 12.1. The largest absolute Gasteiger partial charge is 0.392 e. The third-order valence-electron chi connectivity index (χ3n) is 6.54. The highest BCUT2D eigenvalue weighted by Gasteiger charge is 2.48. The molecule has 0 spiro atoms. The molecule has 2 aliphatic rings. The molecule has 1 aliphatic carbocycles. The molecule has 0 saturated heterocycles. The van der Waals surface area contributed by atoms with Gasteiger partial charge in [0.1, 0.15) is 0 Å². The van der Waals surface area contributed by atoms with Crippen LogP contribution in [-0.2, 0) is 0 Å². The lowest BCUT2D eigenvalue weighted by Gasteiger charge is -2.52. The highest BCUT2D eigenvalue weighted by atomic mass is 16.3. The fourth-order valence-corrected chi connectivity index (χ4v) is 4.88. The fourth-order valence-electron chi connectivity index (χ4n) is 4.88. The van der Waals surface area contributed by atoms with Gasteiger partial charge in [0.25, 0.3) is 0 Å². The summed E-state index contributed by atoms with van der Waals surface area (Å²) < 4.78 is 0. The second kappa shape index (κ2) is 8.89. The molecular weight excluding hydrogens is 318 g/mol. The van der Waals surface area contributed by atoms with Crippen LogP contribution in [0.15, 0.2) is 34.9 Å². The van der Waals surface area contributed by atoms with Gasteiger partial charge >= 0.3 is 0 Å². The summed E-state index contributed by atoms with van der Waals surface area (Å²) in [5, 5.41) is 10.4. The van der Waals surface area contributed by atoms with Crippen molar-refractivity contribution in [3.8, 4) is 0 Å². The van der Waals surface area contributed by atoms with E-state index in [-0.39, 0.29) is 16.9 Å². The number of unbranched alkanes of at least 4 members (excludes halogenated alkanes) is 1. The second-order valence-electron chi connectivity index (χ2n) is 9.70. The molecule has 2 heteroatoms. The molecule has 2 atom stereocenters. The Labute approximate surface area is 162 Å². The number of nitrogens with zero attached hydrogens (tertiary/aromatic N) is 1. The first-order valence-electron chi connectivity index (χ1n) is 10.6. The van der Waals surface area contributed by atoms with Crippen molar-refractivity contribution in [2.45, 2.75) is 86.2 Å². The summed E-state index contributed by atoms with van der Waals surface area (Å²) in [6, 6.07) is 0. The average Bonchev–Trinajstić information content (AvgIpc) is 2.55. The van der Waals surface area contributed by atoms with Crippen LogP contribution in [0.5, 0.6) is 0 Å². The zero-order valence-electron chi connectivity index (χ0n) is 18.1. The zero-order valence-corrected chi connectivity index (χ0v) is 18.1. The molecule has 0 aromatic carbocycles. The summed E-state index contributed by atoms with van der Waals surface area (Å²) in [4.78, 5) is 2.61. The van der Waals surface area contributed by atoms with Crippen molar-refractivity contribution < 1.29 is 5.11 Å². The van der Waals surface area contributed by atoms with E-state index in [0.29, 0.717) is 0 Å². The summed E-state index contributed by atoms with van der Waals surface area (Å²) in [6.45, 7) is 16.8. The van der Waals surface area contributed by atoms with Gasteiger partial charge in [-0.3, -0.25) is 4.90 Å². The SMILES string of the molecule is CC(C)=CCC/C(C)=C/CCCN1CC=C2C(C)(C)[C@H](O)CC[C@@]2(C)C1. The second-order valence-corrected chi connectivity index (χ2v) is 9.70. The van der Waals surface area contributed by atoms with E-state index >= 15 is 0 Å². The summed E-state index contributed by atoms with van der Waals surface area (Å²) >= 11 is 0. The quantitative estimate of drug-likeness (QED) is 0.452. The molecular formula is C24H41NO. The van der Waals surface area contributed by atoms with Gasteiger partial charge in [0.2, 0.25) is 0 Å². The smallest absolute Gasteiger partial charge is 0.0628 e. The molecule has 1 N–H and O–H groups in total. The van der Waals surface area contributed by atoms with Crippen LogP contribution in [0.25, 0.3) is 0 Å². The van der Waals surface area contributed by atoms with E-state index in [9.17, 15) is 5.11 Å². The van der Waals surface area contributed by atoms with Crippen LogP contribution >= 0.6 is 0 Å². The van der Waals surface area contributed by atoms with Crippen LogP contribution in [0.2, 0.25) is 0 Å². The number of hydrogen-bond donors (Lipinski definition) is 1. The number of hydrogen-bond acceptors (Lipinski definition) is 2. The topological polar surface area (TPSA) is 23.5 Å². The Morgan fingerprint density at radius 1 is 1.19 bits per heavy atom. The maximum absolute atomic E-state index is 10.4. The predicted octanol–water partition coefficient (Wildman–Crippen LogP) is 5.89. The van der Waals surface area contributed by atoms with Gasteiger partial charge in [0, 0.05) is 23.9 Å². The molecule has 0 aromatic rings. The molecule has 1 aliphatic heterocycles. The lowest BCUT2D eigenvalue weighted by Crippen LogP contribution is -2.51. The molecule has 1 heterocycles. The maximum atomic E-state index is 10.4. The van der Waals surface area contributed by atoms with Crippen molar-refractivity contribution in [1.29, 1.82) is 0 Å². The van der Waals surface area contributed by atoms with Crippen LogP contribution in [0.3, 0.4) is 0 Å². The van der Waals surface area contributed by atoms with Crippen molar-refractivity contribution in [3.63, 3.8) is 0 Å². The molecule has 0 bridgehead atoms. The van der Waals surface area contributed by atoms with Crippen LogP contribution in [0.1, 0.15) is 80.1 Å². The Bertz CT molecular complexity index is 565. The molecule has 0 aromatic heterocycles. The van der Waals surface area contributed by atoms with Gasteiger partial charge < -0.3 is 5.11 Å². The third-order valence-corrected chi connectivity index (χ3v) is 6.54. The van der Waals surface area contributed by atoms with Crippen LogP contribution in [-0.4, -0.2) is 35.7 Å². The van der Waals surface area contributed by atoms with Gasteiger partial charge in [-0.05, 0) is 65.8 Å². The molecule has 1 fully saturated rings. The van der Waals surface area contributed by atoms with Crippen molar-refractivity contribution in [2.75, 3.05) is 19.6 Å². The van der Waals surface area contributed by atoms with E-state index < -0.39 is 0 Å². The standard InChI is InChI=1S/C24H41NO/c1-19(2)10-9-12-20(3)11-7-8-16-25-17-14-21-23(4,5)22(26)13-15-24(21,6)18-25/h10-11,14,22,26H,7-9,12-13,15-18H2,1-6H3/b20-11+/t22-,24+/m1/s1. The Morgan fingerprint density at radius 3 is 2.62 bits per heavy atom. The van der Waals surface area contributed by atoms with E-state index in [2.05, 4.69) is 64.7 Å². The van der Waals surface area contributed by atoms with Gasteiger partial charge in [0.05, 0.1) is 6.10 Å². The lowest BCUT2D eigenvalue weighted by atomic mass is 9.58. The number of aliphatic hydroxyl groups excluding tert-OH is 1. The minimum Gasteiger partial charge on any atom is -0.392 e. The predicted molar refractivity (Wildman–Crippen MR) is 113 cm³/mol. The third kappa shape index (κ3) is 5.33. The van der Waals surface area contributed by atoms with Gasteiger partial charge in [-0.2, -0.15) is 0 Å². The Balaban J connectivity index is 1.81. The Morgan fingerprint density at radius 2 is 1.92 bits per heavy atom. The molecule has 148 valence electrons. The van der Waals surface area contributed by atoms with Crippen molar-refractivity contribution >= 4 is 0 Å². The molecule has 0 amide bonds. The van der Waals surface area contributed by atoms with Gasteiger partial charge in [0.15, 0.2) is 0 Å². The van der Waals surface area contributed by atoms with E-state index in [0.717, 1.165) is 25.9 Å². The van der Waals surface area contributed by atoms with Crippen LogP contribution in [0.4, 0.5) is 0 Å². The summed E-state index contributed by atoms with van der Waals surface area (Å²) in [5.41, 5.74) is 4.62. The van der Waals surface area contributed by atoms with E-state index in [4.69, 9.17) is 0 Å². The first kappa shape index (κ1) is 21.4. The number of rotatable bonds is 7. The van der Waals surface area contributed by atoms with Gasteiger partial charge in [-0.1, -0.05) is 55.7 Å². The molecule has 0 unspecified atom stereocenters. The van der Waals surface area contributed by atoms with Crippen molar-refractivity contribution in [3.05, 3.63) is 34.9 Å². The normalized spacial score (nSPS) is 29.1. The number of aliphatic hydroxyl groups is 1. The Kier molecular flexibility index (Phi) is 7.33. The van der Waals surface area contributed by atoms with Crippen molar-refractivity contribution in [2.24, 2.45) is 10.8 Å². The fraction of sp³-hybridized carbons (Fsp3) is 0.750.